The van der Waals surface area contributed by atoms with Crippen molar-refractivity contribution in [1.82, 2.24) is 5.32 Å². The first-order valence-electron chi connectivity index (χ1n) is 5.92. The average molecular weight is 312 g/mol. The van der Waals surface area contributed by atoms with Crippen LogP contribution in [0.5, 0.6) is 5.75 Å². The Labute approximate surface area is 126 Å². The molecule has 0 saturated heterocycles. The zero-order valence-electron chi connectivity index (χ0n) is 11.8. The monoisotopic (exact) mass is 312 g/mol. The highest BCUT2D eigenvalue weighted by molar-refractivity contribution is 7.98. The first kappa shape index (κ1) is 16.8. The molecule has 0 aliphatic carbocycles. The van der Waals surface area contributed by atoms with Gasteiger partial charge in [0.1, 0.15) is 11.3 Å². The Bertz CT molecular complexity index is 561. The summed E-state index contributed by atoms with van der Waals surface area (Å²) in [4.78, 5) is 35.0. The number of amides is 3. The minimum atomic E-state index is -1.16. The van der Waals surface area contributed by atoms with Gasteiger partial charge in [0.25, 0.3) is 5.91 Å². The first-order chi connectivity index (χ1) is 9.88. The summed E-state index contributed by atoms with van der Waals surface area (Å²) in [6.45, 7) is 1.33. The number of hydrogen-bond acceptors (Lipinski definition) is 6. The fourth-order valence-electron chi connectivity index (χ4n) is 1.47. The number of urea groups is 1. The highest BCUT2D eigenvalue weighted by Crippen LogP contribution is 2.26. The van der Waals surface area contributed by atoms with Crippen LogP contribution in [0.2, 0.25) is 0 Å². The lowest BCUT2D eigenvalue weighted by molar-refractivity contribution is -0.127. The van der Waals surface area contributed by atoms with E-state index in [1.54, 1.807) is 18.2 Å². The van der Waals surface area contributed by atoms with Gasteiger partial charge in [0.15, 0.2) is 6.10 Å². The molecule has 7 nitrogen and oxygen atoms in total. The van der Waals surface area contributed by atoms with Crippen LogP contribution < -0.4 is 15.8 Å². The summed E-state index contributed by atoms with van der Waals surface area (Å²) in [6, 6.07) is 3.96. The number of carbonyl (C=O) groups is 3. The summed E-state index contributed by atoms with van der Waals surface area (Å²) in [6.07, 6.45) is 0.734. The molecule has 0 aliphatic rings. The number of nitrogens with two attached hydrogens (primary N) is 1. The maximum Gasteiger partial charge on any atom is 0.342 e. The number of thioether (sulfide) groups is 1. The van der Waals surface area contributed by atoms with E-state index in [1.807, 2.05) is 11.6 Å². The molecule has 21 heavy (non-hydrogen) atoms. The molecular formula is C13H16N2O5S. The third kappa shape index (κ3) is 4.67. The largest absolute Gasteiger partial charge is 0.496 e. The molecule has 1 unspecified atom stereocenters. The highest BCUT2D eigenvalue weighted by atomic mass is 32.2. The Morgan fingerprint density at radius 2 is 2.00 bits per heavy atom. The van der Waals surface area contributed by atoms with Crippen molar-refractivity contribution in [2.75, 3.05) is 13.4 Å². The number of primary amides is 1. The zero-order valence-corrected chi connectivity index (χ0v) is 12.7. The standard InChI is InChI=1S/C13H16N2O5S/c1-7(11(16)15-13(14)18)20-12(17)9-5-4-8(21-3)6-10(9)19-2/h4-7H,1-3H3,(H3,14,15,16,18). The Balaban J connectivity index is 2.84. The lowest BCUT2D eigenvalue weighted by Gasteiger charge is -2.14. The quantitative estimate of drug-likeness (QED) is 0.624. The molecule has 0 aromatic heterocycles. The van der Waals surface area contributed by atoms with E-state index in [4.69, 9.17) is 15.2 Å². The van der Waals surface area contributed by atoms with Crippen molar-refractivity contribution in [1.29, 1.82) is 0 Å². The number of esters is 1. The molecule has 0 heterocycles. The third-order valence-electron chi connectivity index (χ3n) is 2.53. The molecule has 1 rings (SSSR count). The van der Waals surface area contributed by atoms with Crippen molar-refractivity contribution in [3.05, 3.63) is 23.8 Å². The summed E-state index contributed by atoms with van der Waals surface area (Å²) < 4.78 is 10.1. The number of ether oxygens (including phenoxy) is 2. The summed E-state index contributed by atoms with van der Waals surface area (Å²) in [5, 5.41) is 1.83. The third-order valence-corrected chi connectivity index (χ3v) is 3.25. The van der Waals surface area contributed by atoms with E-state index >= 15 is 0 Å². The van der Waals surface area contributed by atoms with Crippen molar-refractivity contribution >= 4 is 29.7 Å². The van der Waals surface area contributed by atoms with Crippen molar-refractivity contribution in [2.24, 2.45) is 5.73 Å². The van der Waals surface area contributed by atoms with Crippen LogP contribution in [0.15, 0.2) is 23.1 Å². The Hall–Kier alpha value is -2.22. The summed E-state index contributed by atoms with van der Waals surface area (Å²) in [7, 11) is 1.43. The molecular weight excluding hydrogens is 296 g/mol. The molecule has 3 N–H and O–H groups in total. The number of carbonyl (C=O) groups excluding carboxylic acids is 3. The molecule has 3 amide bonds. The second kappa shape index (κ2) is 7.53. The van der Waals surface area contributed by atoms with Gasteiger partial charge in [-0.2, -0.15) is 0 Å². The summed E-state index contributed by atoms with van der Waals surface area (Å²) in [5.74, 6) is -1.18. The predicted molar refractivity (Wildman–Crippen MR) is 77.4 cm³/mol. The van der Waals surface area contributed by atoms with Crippen LogP contribution in [0.25, 0.3) is 0 Å². The molecule has 0 bridgehead atoms. The molecule has 1 aromatic rings. The number of benzene rings is 1. The molecule has 0 saturated carbocycles. The molecule has 8 heteroatoms. The van der Waals surface area contributed by atoms with Gasteiger partial charge >= 0.3 is 12.0 Å². The van der Waals surface area contributed by atoms with E-state index in [1.165, 1.54) is 25.8 Å². The van der Waals surface area contributed by atoms with E-state index in [9.17, 15) is 14.4 Å². The number of methoxy groups -OCH3 is 1. The number of rotatable bonds is 5. The minimum Gasteiger partial charge on any atom is -0.496 e. The molecule has 0 fully saturated rings. The van der Waals surface area contributed by atoms with Crippen LogP contribution in [0.4, 0.5) is 4.79 Å². The van der Waals surface area contributed by atoms with Crippen LogP contribution in [0, 0.1) is 0 Å². The average Bonchev–Trinajstić information content (AvgIpc) is 2.45. The molecule has 114 valence electrons. The van der Waals surface area contributed by atoms with Crippen LogP contribution in [0.3, 0.4) is 0 Å². The Kier molecular flexibility index (Phi) is 6.04. The van der Waals surface area contributed by atoms with Crippen molar-refractivity contribution in [3.63, 3.8) is 0 Å². The summed E-state index contributed by atoms with van der Waals surface area (Å²) in [5.41, 5.74) is 5.01. The van der Waals surface area contributed by atoms with Gasteiger partial charge in [-0.1, -0.05) is 0 Å². The lowest BCUT2D eigenvalue weighted by atomic mass is 10.2. The van der Waals surface area contributed by atoms with Gasteiger partial charge in [-0.15, -0.1) is 11.8 Å². The summed E-state index contributed by atoms with van der Waals surface area (Å²) >= 11 is 1.50. The zero-order chi connectivity index (χ0) is 16.0. The van der Waals surface area contributed by atoms with Crippen molar-refractivity contribution in [2.45, 2.75) is 17.9 Å². The lowest BCUT2D eigenvalue weighted by Crippen LogP contribution is -2.42. The van der Waals surface area contributed by atoms with Gasteiger partial charge < -0.3 is 15.2 Å². The number of nitrogens with one attached hydrogen (secondary N) is 1. The minimum absolute atomic E-state index is 0.189. The molecule has 1 aromatic carbocycles. The molecule has 0 aliphatic heterocycles. The van der Waals surface area contributed by atoms with Crippen LogP contribution in [-0.2, 0) is 9.53 Å². The highest BCUT2D eigenvalue weighted by Gasteiger charge is 2.22. The number of imide groups is 1. The van der Waals surface area contributed by atoms with Gasteiger partial charge in [-0.3, -0.25) is 10.1 Å². The molecule has 0 spiro atoms. The topological polar surface area (TPSA) is 108 Å². The maximum atomic E-state index is 12.0. The smallest absolute Gasteiger partial charge is 0.342 e. The second-order valence-electron chi connectivity index (χ2n) is 3.97. The van der Waals surface area contributed by atoms with E-state index in [-0.39, 0.29) is 5.56 Å². The van der Waals surface area contributed by atoms with E-state index < -0.39 is 24.0 Å². The van der Waals surface area contributed by atoms with Gasteiger partial charge in [0, 0.05) is 4.90 Å². The van der Waals surface area contributed by atoms with E-state index in [2.05, 4.69) is 0 Å². The second-order valence-corrected chi connectivity index (χ2v) is 4.85. The van der Waals surface area contributed by atoms with Gasteiger partial charge in [-0.05, 0) is 31.4 Å². The van der Waals surface area contributed by atoms with Gasteiger partial charge in [0.2, 0.25) is 0 Å². The van der Waals surface area contributed by atoms with E-state index in [0.29, 0.717) is 5.75 Å². The molecule has 1 atom stereocenters. The maximum absolute atomic E-state index is 12.0. The number of hydrogen-bond donors (Lipinski definition) is 2. The van der Waals surface area contributed by atoms with Crippen LogP contribution in [-0.4, -0.2) is 37.4 Å². The van der Waals surface area contributed by atoms with E-state index in [0.717, 1.165) is 4.90 Å². The van der Waals surface area contributed by atoms with Gasteiger partial charge in [0.05, 0.1) is 7.11 Å². The fourth-order valence-corrected chi connectivity index (χ4v) is 1.90. The Morgan fingerprint density at radius 3 is 2.52 bits per heavy atom. The van der Waals surface area contributed by atoms with Crippen LogP contribution >= 0.6 is 11.8 Å². The predicted octanol–water partition coefficient (Wildman–Crippen LogP) is 1.16. The normalized spacial score (nSPS) is 11.4. The van der Waals surface area contributed by atoms with Crippen LogP contribution in [0.1, 0.15) is 17.3 Å². The van der Waals surface area contributed by atoms with Gasteiger partial charge in [-0.25, -0.2) is 9.59 Å². The fraction of sp³-hybridized carbons (Fsp3) is 0.308. The van der Waals surface area contributed by atoms with Crippen molar-refractivity contribution in [3.8, 4) is 5.75 Å². The molecule has 0 radical (unpaired) electrons. The van der Waals surface area contributed by atoms with Crippen molar-refractivity contribution < 1.29 is 23.9 Å². The SMILES string of the molecule is COc1cc(SC)ccc1C(=O)OC(C)C(=O)NC(N)=O. The Morgan fingerprint density at radius 1 is 1.33 bits per heavy atom. The first-order valence-corrected chi connectivity index (χ1v) is 7.14.